The minimum absolute atomic E-state index is 0.0265. The van der Waals surface area contributed by atoms with Gasteiger partial charge in [0.1, 0.15) is 6.04 Å². The number of carboxylic acids is 1. The molecule has 1 unspecified atom stereocenters. The smallest absolute Gasteiger partial charge is 0.326 e. The van der Waals surface area contributed by atoms with Crippen molar-refractivity contribution in [2.75, 3.05) is 7.05 Å². The number of hydrogen-bond acceptors (Lipinski definition) is 2. The van der Waals surface area contributed by atoms with Crippen molar-refractivity contribution in [1.29, 1.82) is 0 Å². The minimum atomic E-state index is -1.01. The molecule has 0 heterocycles. The molecule has 0 bridgehead atoms. The lowest BCUT2D eigenvalue weighted by Gasteiger charge is -2.24. The zero-order valence-corrected chi connectivity index (χ0v) is 12.2. The van der Waals surface area contributed by atoms with Crippen molar-refractivity contribution in [3.63, 3.8) is 0 Å². The van der Waals surface area contributed by atoms with Gasteiger partial charge in [0.05, 0.1) is 0 Å². The summed E-state index contributed by atoms with van der Waals surface area (Å²) in [6, 6.07) is 8.43. The summed E-state index contributed by atoms with van der Waals surface area (Å²) in [5.41, 5.74) is 1.06. The highest BCUT2D eigenvalue weighted by Crippen LogP contribution is 2.06. The molecule has 1 atom stereocenters. The van der Waals surface area contributed by atoms with Crippen molar-refractivity contribution >= 4 is 12.0 Å². The molecule has 1 aromatic carbocycles. The van der Waals surface area contributed by atoms with Gasteiger partial charge in [0, 0.05) is 13.1 Å². The van der Waals surface area contributed by atoms with E-state index in [0.29, 0.717) is 12.8 Å². The molecule has 1 aromatic rings. The van der Waals surface area contributed by atoms with Crippen LogP contribution in [-0.2, 0) is 11.2 Å². The fourth-order valence-corrected chi connectivity index (χ4v) is 1.70. The summed E-state index contributed by atoms with van der Waals surface area (Å²) in [5.74, 6) is -1.01. The summed E-state index contributed by atoms with van der Waals surface area (Å²) in [5, 5.41) is 11.7. The molecule has 0 spiro atoms. The monoisotopic (exact) mass is 278 g/mol. The quantitative estimate of drug-likeness (QED) is 0.837. The summed E-state index contributed by atoms with van der Waals surface area (Å²) in [4.78, 5) is 24.6. The van der Waals surface area contributed by atoms with Crippen LogP contribution >= 0.6 is 0 Å². The number of amides is 2. The summed E-state index contributed by atoms with van der Waals surface area (Å²) in [6.07, 6.45) is 0.987. The molecule has 0 fully saturated rings. The van der Waals surface area contributed by atoms with Gasteiger partial charge in [-0.3, -0.25) is 0 Å². The molecule has 5 heteroatoms. The van der Waals surface area contributed by atoms with Crippen LogP contribution in [0.5, 0.6) is 0 Å². The van der Waals surface area contributed by atoms with Crippen LogP contribution in [-0.4, -0.2) is 41.1 Å². The fourth-order valence-electron chi connectivity index (χ4n) is 1.70. The first-order valence-electron chi connectivity index (χ1n) is 6.72. The fraction of sp³-hybridized carbons (Fsp3) is 0.467. The number of carbonyl (C=O) groups excluding carboxylic acids is 1. The van der Waals surface area contributed by atoms with Gasteiger partial charge in [0.2, 0.25) is 0 Å². The van der Waals surface area contributed by atoms with Gasteiger partial charge in [-0.1, -0.05) is 30.3 Å². The first-order chi connectivity index (χ1) is 9.41. The van der Waals surface area contributed by atoms with E-state index in [1.807, 2.05) is 44.2 Å². The molecule has 0 aliphatic carbocycles. The Bertz CT molecular complexity index is 446. The van der Waals surface area contributed by atoms with E-state index >= 15 is 0 Å². The van der Waals surface area contributed by atoms with E-state index in [2.05, 4.69) is 5.32 Å². The van der Waals surface area contributed by atoms with Gasteiger partial charge in [-0.05, 0) is 32.3 Å². The first kappa shape index (κ1) is 16.0. The predicted molar refractivity (Wildman–Crippen MR) is 77.6 cm³/mol. The number of carbonyl (C=O) groups is 2. The van der Waals surface area contributed by atoms with Gasteiger partial charge in [-0.2, -0.15) is 0 Å². The van der Waals surface area contributed by atoms with Crippen LogP contribution in [0.4, 0.5) is 4.79 Å². The number of urea groups is 1. The third-order valence-electron chi connectivity index (χ3n) is 3.26. The number of hydrogen-bond donors (Lipinski definition) is 2. The lowest BCUT2D eigenvalue weighted by atomic mass is 10.1. The zero-order chi connectivity index (χ0) is 15.1. The summed E-state index contributed by atoms with van der Waals surface area (Å²) in [6.45, 7) is 3.75. The number of nitrogens with zero attached hydrogens (tertiary/aromatic N) is 1. The van der Waals surface area contributed by atoms with Gasteiger partial charge in [0.25, 0.3) is 0 Å². The van der Waals surface area contributed by atoms with E-state index in [1.54, 1.807) is 7.05 Å². The number of nitrogens with one attached hydrogen (secondary N) is 1. The Hall–Kier alpha value is -2.04. The molecule has 110 valence electrons. The van der Waals surface area contributed by atoms with E-state index in [-0.39, 0.29) is 12.1 Å². The molecule has 0 aliphatic heterocycles. The number of aryl methyl sites for hydroxylation is 1. The van der Waals surface area contributed by atoms with E-state index in [4.69, 9.17) is 0 Å². The number of carboxylic acid groups (broad SMARTS) is 1. The molecule has 2 N–H and O–H groups in total. The van der Waals surface area contributed by atoms with Crippen LogP contribution in [0.2, 0.25) is 0 Å². The average molecular weight is 278 g/mol. The van der Waals surface area contributed by atoms with E-state index in [9.17, 15) is 14.7 Å². The second kappa shape index (κ2) is 7.53. The van der Waals surface area contributed by atoms with Crippen molar-refractivity contribution in [3.8, 4) is 0 Å². The highest BCUT2D eigenvalue weighted by atomic mass is 16.4. The van der Waals surface area contributed by atoms with Crippen LogP contribution in [0.15, 0.2) is 30.3 Å². The number of aliphatic carboxylic acids is 1. The molecule has 1 rings (SSSR count). The van der Waals surface area contributed by atoms with Crippen molar-refractivity contribution in [3.05, 3.63) is 35.9 Å². The molecule has 2 amide bonds. The Morgan fingerprint density at radius 1 is 1.25 bits per heavy atom. The molecule has 0 aliphatic rings. The lowest BCUT2D eigenvalue weighted by molar-refractivity contribution is -0.139. The number of rotatable bonds is 6. The Morgan fingerprint density at radius 3 is 2.35 bits per heavy atom. The van der Waals surface area contributed by atoms with E-state index in [1.165, 1.54) is 4.90 Å². The largest absolute Gasteiger partial charge is 0.480 e. The maximum Gasteiger partial charge on any atom is 0.326 e. The molecule has 0 saturated carbocycles. The molecule has 0 radical (unpaired) electrons. The molecule has 0 aromatic heterocycles. The number of benzene rings is 1. The summed E-state index contributed by atoms with van der Waals surface area (Å²) in [7, 11) is 1.65. The highest BCUT2D eigenvalue weighted by molar-refractivity contribution is 5.82. The summed E-state index contributed by atoms with van der Waals surface area (Å²) < 4.78 is 0. The average Bonchev–Trinajstić information content (AvgIpc) is 2.42. The second-order valence-electron chi connectivity index (χ2n) is 5.07. The molecular weight excluding hydrogens is 256 g/mol. The van der Waals surface area contributed by atoms with Crippen molar-refractivity contribution < 1.29 is 14.7 Å². The second-order valence-corrected chi connectivity index (χ2v) is 5.07. The van der Waals surface area contributed by atoms with E-state index in [0.717, 1.165) is 5.56 Å². The van der Waals surface area contributed by atoms with Crippen LogP contribution in [0.25, 0.3) is 0 Å². The Labute approximate surface area is 119 Å². The zero-order valence-electron chi connectivity index (χ0n) is 12.2. The van der Waals surface area contributed by atoms with E-state index < -0.39 is 12.0 Å². The van der Waals surface area contributed by atoms with Gasteiger partial charge < -0.3 is 15.3 Å². The molecule has 5 nitrogen and oxygen atoms in total. The van der Waals surface area contributed by atoms with Gasteiger partial charge >= 0.3 is 12.0 Å². The lowest BCUT2D eigenvalue weighted by Crippen LogP contribution is -2.48. The van der Waals surface area contributed by atoms with Crippen molar-refractivity contribution in [2.24, 2.45) is 0 Å². The molecule has 0 saturated heterocycles. The standard InChI is InChI=1S/C15H22N2O3/c1-11(2)17(3)15(20)16-13(14(18)19)10-9-12-7-5-4-6-8-12/h4-8,11,13H,9-10H2,1-3H3,(H,16,20)(H,18,19). The van der Waals surface area contributed by atoms with Crippen LogP contribution < -0.4 is 5.32 Å². The Kier molecular flexibility index (Phi) is 6.03. The van der Waals surface area contributed by atoms with Crippen molar-refractivity contribution in [1.82, 2.24) is 10.2 Å². The molecular formula is C15H22N2O3. The van der Waals surface area contributed by atoms with Crippen LogP contribution in [0.3, 0.4) is 0 Å². The Balaban J connectivity index is 2.57. The maximum atomic E-state index is 11.9. The third kappa shape index (κ3) is 4.91. The van der Waals surface area contributed by atoms with Gasteiger partial charge in [-0.15, -0.1) is 0 Å². The first-order valence-corrected chi connectivity index (χ1v) is 6.72. The van der Waals surface area contributed by atoms with Crippen LogP contribution in [0, 0.1) is 0 Å². The van der Waals surface area contributed by atoms with Gasteiger partial charge in [-0.25, -0.2) is 9.59 Å². The Morgan fingerprint density at radius 2 is 1.85 bits per heavy atom. The van der Waals surface area contributed by atoms with Crippen LogP contribution in [0.1, 0.15) is 25.8 Å². The maximum absolute atomic E-state index is 11.9. The van der Waals surface area contributed by atoms with Gasteiger partial charge in [0.15, 0.2) is 0 Å². The molecule has 20 heavy (non-hydrogen) atoms. The SMILES string of the molecule is CC(C)N(C)C(=O)NC(CCc1ccccc1)C(=O)O. The normalized spacial score (nSPS) is 12.0. The minimum Gasteiger partial charge on any atom is -0.480 e. The topological polar surface area (TPSA) is 69.6 Å². The predicted octanol–water partition coefficient (Wildman–Crippen LogP) is 2.12. The van der Waals surface area contributed by atoms with Crippen molar-refractivity contribution in [2.45, 2.75) is 38.8 Å². The highest BCUT2D eigenvalue weighted by Gasteiger charge is 2.22. The third-order valence-corrected chi connectivity index (χ3v) is 3.26. The summed E-state index contributed by atoms with van der Waals surface area (Å²) >= 11 is 0.